The Morgan fingerprint density at radius 2 is 1.94 bits per heavy atom. The highest BCUT2D eigenvalue weighted by Crippen LogP contribution is 2.33. The minimum Gasteiger partial charge on any atom is -0.493 e. The predicted molar refractivity (Wildman–Crippen MR) is 73.0 cm³/mol. The quantitative estimate of drug-likeness (QED) is 0.643. The van der Waals surface area contributed by atoms with Gasteiger partial charge in [0, 0.05) is 4.88 Å². The van der Waals surface area contributed by atoms with Gasteiger partial charge in [0.15, 0.2) is 11.5 Å². The second-order valence-corrected chi connectivity index (χ2v) is 4.71. The van der Waals surface area contributed by atoms with Crippen LogP contribution >= 0.6 is 11.3 Å². The molecule has 0 radical (unpaired) electrons. The Bertz CT molecular complexity index is 500. The maximum absolute atomic E-state index is 5.64. The molecule has 18 heavy (non-hydrogen) atoms. The van der Waals surface area contributed by atoms with Crippen molar-refractivity contribution < 1.29 is 9.47 Å². The Hall–Kier alpha value is -1.56. The zero-order valence-corrected chi connectivity index (χ0v) is 11.2. The molecule has 1 unspecified atom stereocenters. The number of hydrogen-bond donors (Lipinski definition) is 2. The minimum atomic E-state index is -0.0372. The fourth-order valence-electron chi connectivity index (χ4n) is 1.83. The molecule has 1 atom stereocenters. The summed E-state index contributed by atoms with van der Waals surface area (Å²) in [4.78, 5) is 1.16. The van der Waals surface area contributed by atoms with Crippen LogP contribution in [0.1, 0.15) is 16.5 Å². The molecule has 96 valence electrons. The highest BCUT2D eigenvalue weighted by molar-refractivity contribution is 7.10. The molecule has 2 rings (SSSR count). The van der Waals surface area contributed by atoms with E-state index in [4.69, 9.17) is 15.3 Å². The summed E-state index contributed by atoms with van der Waals surface area (Å²) in [5.74, 6) is 7.05. The first kappa shape index (κ1) is 12.9. The highest BCUT2D eigenvalue weighted by atomic mass is 32.1. The van der Waals surface area contributed by atoms with Gasteiger partial charge >= 0.3 is 0 Å². The molecule has 0 fully saturated rings. The van der Waals surface area contributed by atoms with E-state index in [9.17, 15) is 0 Å². The van der Waals surface area contributed by atoms with Gasteiger partial charge in [-0.15, -0.1) is 11.3 Å². The smallest absolute Gasteiger partial charge is 0.161 e. The highest BCUT2D eigenvalue weighted by Gasteiger charge is 2.15. The number of nitrogens with two attached hydrogens (primary N) is 1. The van der Waals surface area contributed by atoms with Crippen molar-refractivity contribution in [2.75, 3.05) is 14.2 Å². The number of ether oxygens (including phenoxy) is 2. The summed E-state index contributed by atoms with van der Waals surface area (Å²) < 4.78 is 10.5. The van der Waals surface area contributed by atoms with Gasteiger partial charge in [-0.3, -0.25) is 5.84 Å². The van der Waals surface area contributed by atoms with Gasteiger partial charge in [-0.05, 0) is 29.1 Å². The van der Waals surface area contributed by atoms with E-state index in [0.717, 1.165) is 10.4 Å². The lowest BCUT2D eigenvalue weighted by molar-refractivity contribution is 0.354. The zero-order valence-electron chi connectivity index (χ0n) is 10.3. The van der Waals surface area contributed by atoms with E-state index in [1.807, 2.05) is 35.7 Å². The van der Waals surface area contributed by atoms with Crippen LogP contribution in [0.25, 0.3) is 0 Å². The summed E-state index contributed by atoms with van der Waals surface area (Å²) in [7, 11) is 3.24. The van der Waals surface area contributed by atoms with Gasteiger partial charge < -0.3 is 9.47 Å². The van der Waals surface area contributed by atoms with Crippen LogP contribution in [0, 0.1) is 0 Å². The second-order valence-electron chi connectivity index (χ2n) is 3.73. The summed E-state index contributed by atoms with van der Waals surface area (Å²) in [6.07, 6.45) is 0. The monoisotopic (exact) mass is 264 g/mol. The normalized spacial score (nSPS) is 12.2. The lowest BCUT2D eigenvalue weighted by Crippen LogP contribution is -2.28. The van der Waals surface area contributed by atoms with Crippen LogP contribution in [0.2, 0.25) is 0 Å². The minimum absolute atomic E-state index is 0.0372. The van der Waals surface area contributed by atoms with Crippen LogP contribution in [0.5, 0.6) is 11.5 Å². The van der Waals surface area contributed by atoms with Gasteiger partial charge in [0.25, 0.3) is 0 Å². The Kier molecular flexibility index (Phi) is 4.19. The van der Waals surface area contributed by atoms with Crippen molar-refractivity contribution in [3.8, 4) is 11.5 Å². The second kappa shape index (κ2) is 5.86. The number of hydrogen-bond acceptors (Lipinski definition) is 5. The summed E-state index contributed by atoms with van der Waals surface area (Å²) in [5.41, 5.74) is 3.86. The first-order chi connectivity index (χ1) is 8.80. The summed E-state index contributed by atoms with van der Waals surface area (Å²) in [6.45, 7) is 0. The van der Waals surface area contributed by atoms with Crippen LogP contribution in [-0.4, -0.2) is 14.2 Å². The number of nitrogens with one attached hydrogen (secondary N) is 1. The molecule has 1 heterocycles. The van der Waals surface area contributed by atoms with Crippen molar-refractivity contribution in [3.05, 3.63) is 46.2 Å². The van der Waals surface area contributed by atoms with Crippen molar-refractivity contribution in [3.63, 3.8) is 0 Å². The standard InChI is InChI=1S/C13H16N2O2S/c1-16-10-6-5-9(8-11(10)17-2)13(15-14)12-4-3-7-18-12/h3-8,13,15H,14H2,1-2H3. The molecule has 0 saturated heterocycles. The van der Waals surface area contributed by atoms with Crippen molar-refractivity contribution in [1.82, 2.24) is 5.43 Å². The maximum atomic E-state index is 5.64. The number of hydrazine groups is 1. The van der Waals surface area contributed by atoms with Crippen molar-refractivity contribution in [2.24, 2.45) is 5.84 Å². The van der Waals surface area contributed by atoms with Gasteiger partial charge in [0.1, 0.15) is 0 Å². The Balaban J connectivity index is 2.37. The van der Waals surface area contributed by atoms with Crippen LogP contribution in [0.4, 0.5) is 0 Å². The first-order valence-electron chi connectivity index (χ1n) is 5.51. The van der Waals surface area contributed by atoms with Gasteiger partial charge in [-0.1, -0.05) is 12.1 Å². The largest absolute Gasteiger partial charge is 0.493 e. The number of benzene rings is 1. The Labute approximate surface area is 110 Å². The lowest BCUT2D eigenvalue weighted by Gasteiger charge is -2.16. The summed E-state index contributed by atoms with van der Waals surface area (Å²) >= 11 is 1.66. The Morgan fingerprint density at radius 3 is 2.50 bits per heavy atom. The average molecular weight is 264 g/mol. The summed E-state index contributed by atoms with van der Waals surface area (Å²) in [5, 5.41) is 2.03. The molecule has 0 spiro atoms. The van der Waals surface area contributed by atoms with Crippen LogP contribution in [0.15, 0.2) is 35.7 Å². The molecule has 0 aliphatic carbocycles. The van der Waals surface area contributed by atoms with Crippen LogP contribution in [-0.2, 0) is 0 Å². The fourth-order valence-corrected chi connectivity index (χ4v) is 2.64. The third-order valence-electron chi connectivity index (χ3n) is 2.74. The molecule has 1 aromatic carbocycles. The van der Waals surface area contributed by atoms with Crippen molar-refractivity contribution >= 4 is 11.3 Å². The maximum Gasteiger partial charge on any atom is 0.161 e. The van der Waals surface area contributed by atoms with E-state index >= 15 is 0 Å². The van der Waals surface area contributed by atoms with E-state index in [-0.39, 0.29) is 6.04 Å². The van der Waals surface area contributed by atoms with Crippen molar-refractivity contribution in [2.45, 2.75) is 6.04 Å². The van der Waals surface area contributed by atoms with Crippen LogP contribution < -0.4 is 20.7 Å². The van der Waals surface area contributed by atoms with Gasteiger partial charge in [0.05, 0.1) is 20.3 Å². The van der Waals surface area contributed by atoms with E-state index in [1.165, 1.54) is 0 Å². The van der Waals surface area contributed by atoms with Crippen LogP contribution in [0.3, 0.4) is 0 Å². The molecule has 0 amide bonds. The lowest BCUT2D eigenvalue weighted by atomic mass is 10.1. The van der Waals surface area contributed by atoms with Gasteiger partial charge in [0.2, 0.25) is 0 Å². The molecule has 0 aliphatic heterocycles. The summed E-state index contributed by atoms with van der Waals surface area (Å²) in [6, 6.07) is 9.81. The fraction of sp³-hybridized carbons (Fsp3) is 0.231. The third kappa shape index (κ3) is 2.48. The predicted octanol–water partition coefficient (Wildman–Crippen LogP) is 2.32. The molecule has 3 N–H and O–H groups in total. The van der Waals surface area contributed by atoms with E-state index in [2.05, 4.69) is 5.43 Å². The first-order valence-corrected chi connectivity index (χ1v) is 6.39. The topological polar surface area (TPSA) is 56.5 Å². The molecule has 0 bridgehead atoms. The van der Waals surface area contributed by atoms with Gasteiger partial charge in [-0.2, -0.15) is 0 Å². The zero-order chi connectivity index (χ0) is 13.0. The van der Waals surface area contributed by atoms with Crippen molar-refractivity contribution in [1.29, 1.82) is 0 Å². The van der Waals surface area contributed by atoms with E-state index < -0.39 is 0 Å². The molecule has 4 nitrogen and oxygen atoms in total. The third-order valence-corrected chi connectivity index (χ3v) is 3.67. The molecule has 1 aromatic heterocycles. The Morgan fingerprint density at radius 1 is 1.17 bits per heavy atom. The van der Waals surface area contributed by atoms with Gasteiger partial charge in [-0.25, -0.2) is 5.43 Å². The molecule has 0 aliphatic rings. The number of methoxy groups -OCH3 is 2. The molecule has 0 saturated carbocycles. The molecule has 5 heteroatoms. The van der Waals surface area contributed by atoms with E-state index in [1.54, 1.807) is 25.6 Å². The number of thiophene rings is 1. The SMILES string of the molecule is COc1ccc(C(NN)c2cccs2)cc1OC. The number of rotatable bonds is 5. The molecular formula is C13H16N2O2S. The van der Waals surface area contributed by atoms with E-state index in [0.29, 0.717) is 11.5 Å². The average Bonchev–Trinajstić information content (AvgIpc) is 2.93. The molecule has 2 aromatic rings. The molecular weight excluding hydrogens is 248 g/mol.